The number of hydrogen-bond donors (Lipinski definition) is 2. The van der Waals surface area contributed by atoms with Crippen molar-refractivity contribution in [2.24, 2.45) is 5.92 Å². The summed E-state index contributed by atoms with van der Waals surface area (Å²) >= 11 is 0. The minimum absolute atomic E-state index is 0.151. The maximum absolute atomic E-state index is 12.2. The van der Waals surface area contributed by atoms with Crippen molar-refractivity contribution in [3.8, 4) is 5.75 Å². The lowest BCUT2D eigenvalue weighted by atomic mass is 9.86. The third-order valence-corrected chi connectivity index (χ3v) is 5.32. The summed E-state index contributed by atoms with van der Waals surface area (Å²) in [6.07, 6.45) is 6.94. The van der Waals surface area contributed by atoms with Crippen LogP contribution in [0.15, 0.2) is 28.8 Å². The fraction of sp³-hybridized carbons (Fsp3) is 0.550. The van der Waals surface area contributed by atoms with E-state index in [4.69, 9.17) is 9.26 Å². The van der Waals surface area contributed by atoms with E-state index in [0.717, 1.165) is 24.9 Å². The second kappa shape index (κ2) is 7.98. The zero-order valence-corrected chi connectivity index (χ0v) is 15.6. The molecule has 2 saturated carbocycles. The number of aromatic nitrogens is 2. The van der Waals surface area contributed by atoms with Crippen LogP contribution >= 0.6 is 0 Å². The Bertz CT molecular complexity index is 770. The van der Waals surface area contributed by atoms with E-state index < -0.39 is 0 Å². The molecule has 1 aromatic heterocycles. The summed E-state index contributed by atoms with van der Waals surface area (Å²) < 4.78 is 10.9. The molecular formula is C20H26N4O3. The first-order valence-electron chi connectivity index (χ1n) is 9.80. The number of ether oxygens (including phenoxy) is 1. The molecule has 2 amide bonds. The van der Waals surface area contributed by atoms with Gasteiger partial charge in [0, 0.05) is 17.6 Å². The Morgan fingerprint density at radius 2 is 1.96 bits per heavy atom. The molecule has 2 N–H and O–H groups in total. The van der Waals surface area contributed by atoms with Gasteiger partial charge in [-0.05, 0) is 55.9 Å². The van der Waals surface area contributed by atoms with Gasteiger partial charge in [0.2, 0.25) is 11.7 Å². The van der Waals surface area contributed by atoms with Gasteiger partial charge in [-0.1, -0.05) is 24.9 Å². The number of nitrogens with zero attached hydrogens (tertiary/aromatic N) is 2. The summed E-state index contributed by atoms with van der Waals surface area (Å²) in [5.74, 6) is 2.94. The van der Waals surface area contributed by atoms with E-state index in [1.165, 1.54) is 19.3 Å². The Morgan fingerprint density at radius 3 is 2.70 bits per heavy atom. The van der Waals surface area contributed by atoms with E-state index >= 15 is 0 Å². The molecule has 0 aliphatic heterocycles. The number of anilines is 1. The Labute approximate surface area is 158 Å². The number of nitrogens with one attached hydrogen (secondary N) is 2. The molecule has 2 atom stereocenters. The van der Waals surface area contributed by atoms with Gasteiger partial charge >= 0.3 is 6.03 Å². The Balaban J connectivity index is 1.24. The van der Waals surface area contributed by atoms with Crippen molar-refractivity contribution in [3.63, 3.8) is 0 Å². The molecule has 2 unspecified atom stereocenters. The van der Waals surface area contributed by atoms with Crippen molar-refractivity contribution in [1.82, 2.24) is 15.5 Å². The number of benzene rings is 1. The van der Waals surface area contributed by atoms with E-state index in [0.29, 0.717) is 29.3 Å². The number of rotatable bonds is 6. The molecule has 0 saturated heterocycles. The largest absolute Gasteiger partial charge is 0.485 e. The molecule has 27 heavy (non-hydrogen) atoms. The lowest BCUT2D eigenvalue weighted by molar-refractivity contribution is 0.232. The average Bonchev–Trinajstić information content (AvgIpc) is 3.41. The van der Waals surface area contributed by atoms with Gasteiger partial charge in [-0.15, -0.1) is 0 Å². The summed E-state index contributed by atoms with van der Waals surface area (Å²) in [6, 6.07) is 7.40. The monoisotopic (exact) mass is 370 g/mol. The Morgan fingerprint density at radius 1 is 1.19 bits per heavy atom. The lowest BCUT2D eigenvalue weighted by Gasteiger charge is -2.29. The standard InChI is InChI=1S/C20H26N4O3/c1-13-4-2-3-5-17(13)22-20(25)21-15-8-10-16(11-9-15)26-12-18-23-19(27-24-18)14-6-7-14/h8-11,13-14,17H,2-7,12H2,1H3,(H2,21,22,25). The van der Waals surface area contributed by atoms with Crippen LogP contribution in [0, 0.1) is 5.92 Å². The zero-order chi connectivity index (χ0) is 18.6. The van der Waals surface area contributed by atoms with Gasteiger partial charge in [0.1, 0.15) is 5.75 Å². The topological polar surface area (TPSA) is 89.3 Å². The fourth-order valence-electron chi connectivity index (χ4n) is 3.47. The van der Waals surface area contributed by atoms with Crippen molar-refractivity contribution in [2.45, 2.75) is 64.0 Å². The number of amides is 2. The molecular weight excluding hydrogens is 344 g/mol. The predicted octanol–water partition coefficient (Wildman–Crippen LogP) is 4.23. The van der Waals surface area contributed by atoms with Crippen LogP contribution in [0.5, 0.6) is 5.75 Å². The molecule has 7 heteroatoms. The molecule has 2 fully saturated rings. The molecule has 2 aliphatic carbocycles. The van der Waals surface area contributed by atoms with Gasteiger partial charge in [-0.25, -0.2) is 4.79 Å². The third-order valence-electron chi connectivity index (χ3n) is 5.32. The van der Waals surface area contributed by atoms with Gasteiger partial charge in [-0.2, -0.15) is 4.98 Å². The number of carbonyl (C=O) groups excluding carboxylic acids is 1. The van der Waals surface area contributed by atoms with Gasteiger partial charge in [0.25, 0.3) is 0 Å². The minimum Gasteiger partial charge on any atom is -0.485 e. The van der Waals surface area contributed by atoms with E-state index in [1.54, 1.807) is 0 Å². The van der Waals surface area contributed by atoms with Crippen LogP contribution in [0.1, 0.15) is 63.1 Å². The Hall–Kier alpha value is -2.57. The number of urea groups is 1. The smallest absolute Gasteiger partial charge is 0.319 e. The molecule has 0 bridgehead atoms. The zero-order valence-electron chi connectivity index (χ0n) is 15.6. The molecule has 1 heterocycles. The molecule has 0 radical (unpaired) electrons. The second-order valence-electron chi connectivity index (χ2n) is 7.60. The van der Waals surface area contributed by atoms with E-state index in [1.807, 2.05) is 24.3 Å². The van der Waals surface area contributed by atoms with Crippen molar-refractivity contribution < 1.29 is 14.1 Å². The maximum Gasteiger partial charge on any atom is 0.319 e. The summed E-state index contributed by atoms with van der Waals surface area (Å²) in [4.78, 5) is 16.5. The fourth-order valence-corrected chi connectivity index (χ4v) is 3.47. The SMILES string of the molecule is CC1CCCCC1NC(=O)Nc1ccc(OCc2noc(C3CC3)n2)cc1. The van der Waals surface area contributed by atoms with E-state index in [9.17, 15) is 4.79 Å². The predicted molar refractivity (Wildman–Crippen MR) is 101 cm³/mol. The first kappa shape index (κ1) is 17.8. The van der Waals surface area contributed by atoms with Crippen LogP contribution in [0.2, 0.25) is 0 Å². The normalized spacial score (nSPS) is 22.3. The molecule has 7 nitrogen and oxygen atoms in total. The number of carbonyl (C=O) groups is 1. The highest BCUT2D eigenvalue weighted by atomic mass is 16.5. The molecule has 1 aromatic carbocycles. The molecule has 2 aromatic rings. The molecule has 4 rings (SSSR count). The molecule has 0 spiro atoms. The molecule has 2 aliphatic rings. The highest BCUT2D eigenvalue weighted by Gasteiger charge is 2.29. The minimum atomic E-state index is -0.151. The number of hydrogen-bond acceptors (Lipinski definition) is 5. The summed E-state index contributed by atoms with van der Waals surface area (Å²) in [5.41, 5.74) is 0.735. The maximum atomic E-state index is 12.2. The third kappa shape index (κ3) is 4.78. The second-order valence-corrected chi connectivity index (χ2v) is 7.60. The summed E-state index contributed by atoms with van der Waals surface area (Å²) in [5, 5.41) is 9.91. The van der Waals surface area contributed by atoms with Crippen molar-refractivity contribution in [3.05, 3.63) is 36.0 Å². The van der Waals surface area contributed by atoms with Gasteiger partial charge in [0.05, 0.1) is 0 Å². The highest BCUT2D eigenvalue weighted by Crippen LogP contribution is 2.38. The summed E-state index contributed by atoms with van der Waals surface area (Å²) in [6.45, 7) is 2.47. The van der Waals surface area contributed by atoms with Crippen LogP contribution in [0.4, 0.5) is 10.5 Å². The van der Waals surface area contributed by atoms with E-state index in [2.05, 4.69) is 27.7 Å². The van der Waals surface area contributed by atoms with Crippen molar-refractivity contribution >= 4 is 11.7 Å². The van der Waals surface area contributed by atoms with E-state index in [-0.39, 0.29) is 18.7 Å². The van der Waals surface area contributed by atoms with Crippen LogP contribution in [0.25, 0.3) is 0 Å². The van der Waals surface area contributed by atoms with Crippen molar-refractivity contribution in [1.29, 1.82) is 0 Å². The van der Waals surface area contributed by atoms with Crippen molar-refractivity contribution in [2.75, 3.05) is 5.32 Å². The lowest BCUT2D eigenvalue weighted by Crippen LogP contribution is -2.43. The van der Waals surface area contributed by atoms with Crippen LogP contribution in [-0.4, -0.2) is 22.2 Å². The van der Waals surface area contributed by atoms with Gasteiger partial charge in [-0.3, -0.25) is 0 Å². The average molecular weight is 370 g/mol. The van der Waals surface area contributed by atoms with Gasteiger partial charge in [0.15, 0.2) is 6.61 Å². The van der Waals surface area contributed by atoms with Crippen LogP contribution in [0.3, 0.4) is 0 Å². The Kier molecular flexibility index (Phi) is 5.27. The molecule has 144 valence electrons. The van der Waals surface area contributed by atoms with Crippen LogP contribution < -0.4 is 15.4 Å². The van der Waals surface area contributed by atoms with Crippen LogP contribution in [-0.2, 0) is 6.61 Å². The summed E-state index contributed by atoms with van der Waals surface area (Å²) in [7, 11) is 0. The quantitative estimate of drug-likeness (QED) is 0.794. The first-order valence-corrected chi connectivity index (χ1v) is 9.80. The van der Waals surface area contributed by atoms with Gasteiger partial charge < -0.3 is 19.9 Å². The highest BCUT2D eigenvalue weighted by molar-refractivity contribution is 5.89. The first-order chi connectivity index (χ1) is 13.2.